The Bertz CT molecular complexity index is 2660. The van der Waals surface area contributed by atoms with Crippen LogP contribution < -0.4 is 15.0 Å². The van der Waals surface area contributed by atoms with Crippen LogP contribution in [0, 0.1) is 41.8 Å². The fraction of sp³-hybridized carbons (Fsp3) is 0.400. The molecule has 0 aromatic heterocycles. The number of carbonyl (C=O) groups is 1. The summed E-state index contributed by atoms with van der Waals surface area (Å²) in [5, 5.41) is 16.1. The van der Waals surface area contributed by atoms with Gasteiger partial charge >= 0.3 is 0 Å². The Morgan fingerprint density at radius 1 is 0.919 bits per heavy atom. The molecule has 0 saturated heterocycles. The Balaban J connectivity index is 0.000000158. The molecule has 4 aromatic rings. The van der Waals surface area contributed by atoms with E-state index in [0.29, 0.717) is 24.0 Å². The van der Waals surface area contributed by atoms with Gasteiger partial charge in [-0.05, 0) is 172 Å². The van der Waals surface area contributed by atoms with Crippen molar-refractivity contribution in [3.63, 3.8) is 0 Å². The van der Waals surface area contributed by atoms with Crippen molar-refractivity contribution in [1.29, 1.82) is 0 Å². The summed E-state index contributed by atoms with van der Waals surface area (Å²) in [6.45, 7) is 12.6. The molecule has 6 atom stereocenters. The van der Waals surface area contributed by atoms with Gasteiger partial charge in [-0.15, -0.1) is 5.92 Å². The second kappa shape index (κ2) is 15.6. The number of anilines is 2. The maximum Gasteiger partial charge on any atom is 0.156 e. The Morgan fingerprint density at radius 3 is 2.40 bits per heavy atom. The highest BCUT2D eigenvalue weighted by molar-refractivity contribution is 6.31. The van der Waals surface area contributed by atoms with Gasteiger partial charge in [0.05, 0.1) is 5.54 Å². The summed E-state index contributed by atoms with van der Waals surface area (Å²) in [6, 6.07) is 23.9. The molecular formula is C55H58ClFN2O3. The molecule has 7 heteroatoms. The van der Waals surface area contributed by atoms with Crippen molar-refractivity contribution in [2.24, 2.45) is 17.3 Å². The number of halogens is 2. The van der Waals surface area contributed by atoms with Gasteiger partial charge in [0.15, 0.2) is 11.9 Å². The molecule has 1 unspecified atom stereocenters. The van der Waals surface area contributed by atoms with Crippen LogP contribution in [0.15, 0.2) is 102 Å². The standard InChI is InChI=1S/C29H35NO2.C26H23ClFNO/c1-5-15-29(32)16-14-26-24-12-8-20-17-22(31)11-13-23(20)27(24)25(18-28(26,29)2)19-6-9-21(10-7-19)30(3)4;1-14-11-16(5-8-20(14)27)25-24-18(19-12-17(28)6-10-22(19)30-25)7-9-21-23(24)15(2)13-26(3,4)29-21/h6-7,9-10,17,24-26,32H,8,11-14,16,18H2,1-4H3;5-13,25,29H,1-4H3/t24-,25+,26-,28-,29-;/m0./s1. The lowest BCUT2D eigenvalue weighted by Crippen LogP contribution is -2.51. The predicted octanol–water partition coefficient (Wildman–Crippen LogP) is 13.0. The Labute approximate surface area is 372 Å². The summed E-state index contributed by atoms with van der Waals surface area (Å²) in [7, 11) is 4.14. The van der Waals surface area contributed by atoms with Crippen LogP contribution in [0.4, 0.5) is 15.8 Å². The number of aryl methyl sites for hydroxylation is 1. The molecule has 4 aromatic carbocycles. The fourth-order valence-electron chi connectivity index (χ4n) is 12.1. The Hall–Kier alpha value is -5.09. The second-order valence-electron chi connectivity index (χ2n) is 19.5. The molecule has 4 aliphatic carbocycles. The van der Waals surface area contributed by atoms with E-state index in [9.17, 15) is 14.3 Å². The van der Waals surface area contributed by atoms with Gasteiger partial charge < -0.3 is 20.1 Å². The van der Waals surface area contributed by atoms with Gasteiger partial charge in [-0.25, -0.2) is 4.39 Å². The average Bonchev–Trinajstić information content (AvgIpc) is 3.49. The van der Waals surface area contributed by atoms with Crippen LogP contribution in [0.25, 0.3) is 16.7 Å². The van der Waals surface area contributed by atoms with E-state index in [1.807, 2.05) is 32.1 Å². The van der Waals surface area contributed by atoms with Crippen LogP contribution >= 0.6 is 11.6 Å². The van der Waals surface area contributed by atoms with Crippen LogP contribution in [0.3, 0.4) is 0 Å². The number of ether oxygens (including phenoxy) is 1. The zero-order valence-corrected chi connectivity index (χ0v) is 38.1. The predicted molar refractivity (Wildman–Crippen MR) is 251 cm³/mol. The van der Waals surface area contributed by atoms with Crippen LogP contribution in [-0.2, 0) is 4.79 Å². The van der Waals surface area contributed by atoms with Gasteiger partial charge in [0, 0.05) is 64.9 Å². The van der Waals surface area contributed by atoms with Crippen molar-refractivity contribution in [3.05, 3.63) is 140 Å². The summed E-state index contributed by atoms with van der Waals surface area (Å²) < 4.78 is 20.6. The monoisotopic (exact) mass is 848 g/mol. The summed E-state index contributed by atoms with van der Waals surface area (Å²) in [5.74, 6) is 8.18. The number of fused-ring (bicyclic) bond motifs is 9. The molecule has 2 N–H and O–H groups in total. The number of carbonyl (C=O) groups excluding carboxylic acids is 1. The molecule has 62 heavy (non-hydrogen) atoms. The number of nitrogens with one attached hydrogen (secondary N) is 1. The van der Waals surface area contributed by atoms with E-state index in [2.05, 4.69) is 112 Å². The highest BCUT2D eigenvalue weighted by Crippen LogP contribution is 2.66. The first kappa shape index (κ1) is 42.2. The van der Waals surface area contributed by atoms with Crippen LogP contribution in [0.1, 0.15) is 119 Å². The van der Waals surface area contributed by atoms with Crippen LogP contribution in [0.5, 0.6) is 5.75 Å². The number of nitrogens with zero attached hydrogens (tertiary/aromatic N) is 1. The normalized spacial score (nSPS) is 27.4. The third-order valence-electron chi connectivity index (χ3n) is 14.9. The minimum absolute atomic E-state index is 0.142. The van der Waals surface area contributed by atoms with E-state index in [1.165, 1.54) is 34.0 Å². The lowest BCUT2D eigenvalue weighted by atomic mass is 9.51. The second-order valence-corrected chi connectivity index (χ2v) is 19.9. The first-order valence-electron chi connectivity index (χ1n) is 22.3. The Morgan fingerprint density at radius 2 is 1.68 bits per heavy atom. The molecule has 6 aliphatic rings. The zero-order valence-electron chi connectivity index (χ0n) is 37.3. The van der Waals surface area contributed by atoms with Crippen LogP contribution in [0.2, 0.25) is 5.02 Å². The quantitative estimate of drug-likeness (QED) is 0.201. The third kappa shape index (κ3) is 7.10. The number of benzene rings is 4. The van der Waals surface area contributed by atoms with E-state index in [4.69, 9.17) is 16.3 Å². The minimum Gasteiger partial charge on any atom is -0.480 e. The largest absolute Gasteiger partial charge is 0.480 e. The third-order valence-corrected chi connectivity index (χ3v) is 15.4. The highest BCUT2D eigenvalue weighted by atomic mass is 35.5. The number of allylic oxidation sites excluding steroid dienone is 5. The van der Waals surface area contributed by atoms with E-state index >= 15 is 0 Å². The average molecular weight is 850 g/mol. The van der Waals surface area contributed by atoms with E-state index < -0.39 is 5.60 Å². The lowest BCUT2D eigenvalue weighted by molar-refractivity contribution is -0.114. The first-order valence-corrected chi connectivity index (χ1v) is 22.7. The van der Waals surface area contributed by atoms with E-state index in [1.54, 1.807) is 17.7 Å². The molecule has 2 heterocycles. The van der Waals surface area contributed by atoms with Gasteiger partial charge in [0.1, 0.15) is 17.2 Å². The number of ketones is 1. The number of hydrogen-bond acceptors (Lipinski definition) is 5. The molecule has 0 spiro atoms. The van der Waals surface area contributed by atoms with E-state index in [-0.39, 0.29) is 34.6 Å². The molecule has 2 saturated carbocycles. The summed E-state index contributed by atoms with van der Waals surface area (Å²) in [5.41, 5.74) is 13.8. The van der Waals surface area contributed by atoms with Crippen molar-refractivity contribution < 1.29 is 19.0 Å². The topological polar surface area (TPSA) is 61.8 Å². The number of rotatable bonds is 3. The highest BCUT2D eigenvalue weighted by Gasteiger charge is 2.62. The van der Waals surface area contributed by atoms with Crippen molar-refractivity contribution in [1.82, 2.24) is 0 Å². The molecule has 10 rings (SSSR count). The summed E-state index contributed by atoms with van der Waals surface area (Å²) in [6.07, 6.45) is 10.2. The maximum absolute atomic E-state index is 14.1. The molecule has 0 bridgehead atoms. The molecule has 320 valence electrons. The number of hydrogen-bond donors (Lipinski definition) is 2. The minimum atomic E-state index is -0.914. The van der Waals surface area contributed by atoms with E-state index in [0.717, 1.165) is 82.6 Å². The summed E-state index contributed by atoms with van der Waals surface area (Å²) in [4.78, 5) is 14.3. The molecule has 0 radical (unpaired) electrons. The van der Waals surface area contributed by atoms with Gasteiger partial charge in [0.25, 0.3) is 0 Å². The fourth-order valence-corrected chi connectivity index (χ4v) is 12.2. The molecule has 0 amide bonds. The van der Waals surface area contributed by atoms with Gasteiger partial charge in [-0.1, -0.05) is 66.4 Å². The molecule has 5 nitrogen and oxygen atoms in total. The first-order chi connectivity index (χ1) is 29.5. The lowest BCUT2D eigenvalue weighted by Gasteiger charge is -2.53. The SMILES string of the molecule is CC#C[C@]1(O)CC[C@H]2[C@@H]3CCC4=CC(=O)CCC4=C3[C@@H](c3ccc(N(C)C)cc3)C[C@@]21C.CC1=CC(C)(C)Nc2ccc3c(c21)C(c1ccc(Cl)c(C)c1)Oc1ccc(F)cc1-3. The van der Waals surface area contributed by atoms with Crippen molar-refractivity contribution in [2.45, 2.75) is 110 Å². The molecule has 2 fully saturated rings. The smallest absolute Gasteiger partial charge is 0.156 e. The van der Waals surface area contributed by atoms with Crippen molar-refractivity contribution in [3.8, 4) is 28.7 Å². The maximum atomic E-state index is 14.1. The molecular weight excluding hydrogens is 791 g/mol. The molecule has 2 aliphatic heterocycles. The van der Waals surface area contributed by atoms with Crippen molar-refractivity contribution >= 4 is 34.3 Å². The Kier molecular flexibility index (Phi) is 10.6. The van der Waals surface area contributed by atoms with Crippen molar-refractivity contribution in [2.75, 3.05) is 24.3 Å². The zero-order chi connectivity index (χ0) is 43.9. The summed E-state index contributed by atoms with van der Waals surface area (Å²) >= 11 is 6.29. The van der Waals surface area contributed by atoms with Gasteiger partial charge in [-0.2, -0.15) is 0 Å². The van der Waals surface area contributed by atoms with Crippen LogP contribution in [-0.4, -0.2) is 36.1 Å². The van der Waals surface area contributed by atoms with Gasteiger partial charge in [-0.3, -0.25) is 4.79 Å². The van der Waals surface area contributed by atoms with Gasteiger partial charge in [0.2, 0.25) is 0 Å². The number of aliphatic hydroxyl groups is 1.